The molecule has 102 valence electrons. The summed E-state index contributed by atoms with van der Waals surface area (Å²) in [5.74, 6) is 0.554. The van der Waals surface area contributed by atoms with Crippen LogP contribution in [0.25, 0.3) is 10.9 Å². The lowest BCUT2D eigenvalue weighted by molar-refractivity contribution is -0.00406. The van der Waals surface area contributed by atoms with Crippen molar-refractivity contribution in [3.63, 3.8) is 0 Å². The van der Waals surface area contributed by atoms with Gasteiger partial charge >= 0.3 is 0 Å². The lowest BCUT2D eigenvalue weighted by Crippen LogP contribution is -2.26. The van der Waals surface area contributed by atoms with E-state index in [4.69, 9.17) is 4.84 Å². The van der Waals surface area contributed by atoms with Crippen molar-refractivity contribution >= 4 is 10.9 Å². The average Bonchev–Trinajstić information content (AvgIpc) is 2.78. The lowest BCUT2D eigenvalue weighted by atomic mass is 9.92. The van der Waals surface area contributed by atoms with E-state index in [-0.39, 0.29) is 0 Å². The first-order valence-corrected chi connectivity index (χ1v) is 7.22. The van der Waals surface area contributed by atoms with Gasteiger partial charge in [0.05, 0.1) is 12.6 Å². The van der Waals surface area contributed by atoms with E-state index in [1.165, 1.54) is 35.0 Å². The Morgan fingerprint density at radius 3 is 3.05 bits per heavy atom. The summed E-state index contributed by atoms with van der Waals surface area (Å²) >= 11 is 0. The first kappa shape index (κ1) is 12.7. The van der Waals surface area contributed by atoms with Crippen LogP contribution in [0.2, 0.25) is 0 Å². The average molecular weight is 258 g/mol. The van der Waals surface area contributed by atoms with Crippen molar-refractivity contribution in [2.75, 3.05) is 6.61 Å². The number of hydrogen-bond acceptors (Lipinski definition) is 2. The van der Waals surface area contributed by atoms with Crippen LogP contribution in [-0.2, 0) is 11.3 Å². The largest absolute Gasteiger partial charge is 0.357 e. The van der Waals surface area contributed by atoms with Crippen LogP contribution < -0.4 is 5.48 Å². The zero-order valence-corrected chi connectivity index (χ0v) is 11.7. The third-order valence-electron chi connectivity index (χ3n) is 3.76. The third-order valence-corrected chi connectivity index (χ3v) is 3.76. The molecule has 0 aliphatic heterocycles. The Balaban J connectivity index is 1.83. The molecule has 0 amide bonds. The van der Waals surface area contributed by atoms with E-state index < -0.39 is 0 Å². The number of H-pyrrole nitrogens is 1. The van der Waals surface area contributed by atoms with E-state index in [9.17, 15) is 0 Å². The standard InChI is InChI=1S/C16H22N2O/c1-11(2)10-19-18-15-9-5-7-13-12-6-3-4-8-14(12)17-16(13)15/h3-4,6,8,11,15,17-18H,5,7,9-10H2,1-2H3. The first-order chi connectivity index (χ1) is 9.25. The first-order valence-electron chi connectivity index (χ1n) is 7.22. The van der Waals surface area contributed by atoms with E-state index in [0.29, 0.717) is 12.0 Å². The Kier molecular flexibility index (Phi) is 3.58. The molecule has 1 aromatic carbocycles. The van der Waals surface area contributed by atoms with Crippen LogP contribution in [-0.4, -0.2) is 11.6 Å². The second kappa shape index (κ2) is 5.35. The molecule has 0 saturated heterocycles. The van der Waals surface area contributed by atoms with Crippen LogP contribution in [0.5, 0.6) is 0 Å². The molecule has 1 atom stereocenters. The summed E-state index contributed by atoms with van der Waals surface area (Å²) in [6, 6.07) is 8.86. The van der Waals surface area contributed by atoms with Gasteiger partial charge in [0.25, 0.3) is 0 Å². The van der Waals surface area contributed by atoms with E-state index in [2.05, 4.69) is 48.6 Å². The molecule has 0 radical (unpaired) electrons. The highest BCUT2D eigenvalue weighted by Gasteiger charge is 2.24. The minimum absolute atomic E-state index is 0.301. The normalized spacial score (nSPS) is 19.0. The van der Waals surface area contributed by atoms with Crippen LogP contribution in [0.4, 0.5) is 0 Å². The summed E-state index contributed by atoms with van der Waals surface area (Å²) in [6.45, 7) is 5.08. The highest BCUT2D eigenvalue weighted by atomic mass is 16.6. The Morgan fingerprint density at radius 1 is 1.37 bits per heavy atom. The van der Waals surface area contributed by atoms with Crippen molar-refractivity contribution in [2.24, 2.45) is 5.92 Å². The van der Waals surface area contributed by atoms with E-state index in [1.807, 2.05) is 0 Å². The molecule has 0 spiro atoms. The van der Waals surface area contributed by atoms with Crippen LogP contribution in [0.15, 0.2) is 24.3 Å². The van der Waals surface area contributed by atoms with Gasteiger partial charge in [-0.05, 0) is 36.8 Å². The van der Waals surface area contributed by atoms with Crippen LogP contribution in [0.3, 0.4) is 0 Å². The van der Waals surface area contributed by atoms with E-state index in [1.54, 1.807) is 0 Å². The van der Waals surface area contributed by atoms with Gasteiger partial charge in [-0.3, -0.25) is 0 Å². The summed E-state index contributed by atoms with van der Waals surface area (Å²) in [5, 5.41) is 1.37. The third kappa shape index (κ3) is 2.53. The quantitative estimate of drug-likeness (QED) is 0.820. The van der Waals surface area contributed by atoms with Crippen molar-refractivity contribution in [1.29, 1.82) is 0 Å². The molecule has 0 saturated carbocycles. The van der Waals surface area contributed by atoms with Gasteiger partial charge in [0, 0.05) is 16.6 Å². The number of hydroxylamine groups is 1. The number of aryl methyl sites for hydroxylation is 1. The number of benzene rings is 1. The van der Waals surface area contributed by atoms with Crippen LogP contribution >= 0.6 is 0 Å². The number of hydrogen-bond donors (Lipinski definition) is 2. The molecular formula is C16H22N2O. The van der Waals surface area contributed by atoms with Gasteiger partial charge in [-0.1, -0.05) is 32.0 Å². The maximum atomic E-state index is 5.62. The van der Waals surface area contributed by atoms with Gasteiger partial charge in [-0.25, -0.2) is 0 Å². The van der Waals surface area contributed by atoms with E-state index >= 15 is 0 Å². The predicted molar refractivity (Wildman–Crippen MR) is 77.9 cm³/mol. The molecule has 0 fully saturated rings. The molecule has 1 heterocycles. The highest BCUT2D eigenvalue weighted by Crippen LogP contribution is 2.34. The van der Waals surface area contributed by atoms with Gasteiger partial charge < -0.3 is 9.82 Å². The van der Waals surface area contributed by atoms with Crippen LogP contribution in [0.1, 0.15) is 44.0 Å². The van der Waals surface area contributed by atoms with Crippen molar-refractivity contribution in [1.82, 2.24) is 10.5 Å². The molecule has 1 aliphatic rings. The molecule has 3 nitrogen and oxygen atoms in total. The van der Waals surface area contributed by atoms with Gasteiger partial charge in [0.1, 0.15) is 0 Å². The van der Waals surface area contributed by atoms with Gasteiger partial charge in [-0.15, -0.1) is 0 Å². The minimum Gasteiger partial charge on any atom is -0.357 e. The van der Waals surface area contributed by atoms with Crippen molar-refractivity contribution in [2.45, 2.75) is 39.2 Å². The zero-order valence-electron chi connectivity index (χ0n) is 11.7. The monoisotopic (exact) mass is 258 g/mol. The maximum absolute atomic E-state index is 5.62. The molecule has 19 heavy (non-hydrogen) atoms. The van der Waals surface area contributed by atoms with Crippen molar-refractivity contribution in [3.8, 4) is 0 Å². The molecule has 1 aliphatic carbocycles. The molecule has 0 bridgehead atoms. The summed E-state index contributed by atoms with van der Waals surface area (Å²) in [6.07, 6.45) is 3.52. The van der Waals surface area contributed by atoms with Crippen molar-refractivity contribution < 1.29 is 4.84 Å². The maximum Gasteiger partial charge on any atom is 0.0724 e. The van der Waals surface area contributed by atoms with Crippen LogP contribution in [0, 0.1) is 5.92 Å². The zero-order chi connectivity index (χ0) is 13.2. The summed E-state index contributed by atoms with van der Waals surface area (Å²) < 4.78 is 0. The van der Waals surface area contributed by atoms with Gasteiger partial charge in [0.2, 0.25) is 0 Å². The summed E-state index contributed by atoms with van der Waals surface area (Å²) in [5.41, 5.74) is 7.26. The molecule has 2 aromatic rings. The molecule has 1 aromatic heterocycles. The highest BCUT2D eigenvalue weighted by molar-refractivity contribution is 5.85. The Bertz CT molecular complexity index is 559. The van der Waals surface area contributed by atoms with E-state index in [0.717, 1.165) is 13.0 Å². The number of para-hydroxylation sites is 1. The SMILES string of the molecule is CC(C)CONC1CCCc2c1[nH]c1ccccc21. The number of rotatable bonds is 4. The molecule has 3 rings (SSSR count). The molecule has 2 N–H and O–H groups in total. The Morgan fingerprint density at radius 2 is 2.21 bits per heavy atom. The van der Waals surface area contributed by atoms with Gasteiger partial charge in [-0.2, -0.15) is 5.48 Å². The fourth-order valence-electron chi connectivity index (χ4n) is 2.85. The summed E-state index contributed by atoms with van der Waals surface area (Å²) in [7, 11) is 0. The second-order valence-electron chi connectivity index (χ2n) is 5.83. The lowest BCUT2D eigenvalue weighted by Gasteiger charge is -2.23. The Hall–Kier alpha value is -1.32. The van der Waals surface area contributed by atoms with Crippen molar-refractivity contribution in [3.05, 3.63) is 35.5 Å². The smallest absolute Gasteiger partial charge is 0.0724 e. The fourth-order valence-corrected chi connectivity index (χ4v) is 2.85. The Labute approximate surface area is 114 Å². The number of aromatic nitrogens is 1. The predicted octanol–water partition coefficient (Wildman–Crippen LogP) is 3.72. The number of fused-ring (bicyclic) bond motifs is 3. The molecule has 1 unspecified atom stereocenters. The number of aromatic amines is 1. The minimum atomic E-state index is 0.301. The molecular weight excluding hydrogens is 236 g/mol. The summed E-state index contributed by atoms with van der Waals surface area (Å²) in [4.78, 5) is 9.18. The second-order valence-corrected chi connectivity index (χ2v) is 5.83. The topological polar surface area (TPSA) is 37.0 Å². The fraction of sp³-hybridized carbons (Fsp3) is 0.500. The molecule has 3 heteroatoms. The number of nitrogens with one attached hydrogen (secondary N) is 2. The van der Waals surface area contributed by atoms with Gasteiger partial charge in [0.15, 0.2) is 0 Å².